The number of hydrogen-bond donors (Lipinski definition) is 1. The number of esters is 1. The fourth-order valence-corrected chi connectivity index (χ4v) is 4.33. The Morgan fingerprint density at radius 1 is 1.06 bits per heavy atom. The lowest BCUT2D eigenvalue weighted by Crippen LogP contribution is -2.25. The van der Waals surface area contributed by atoms with Gasteiger partial charge in [0.15, 0.2) is 0 Å². The van der Waals surface area contributed by atoms with E-state index in [-0.39, 0.29) is 12.6 Å². The molecular formula is C27H36N2O2. The van der Waals surface area contributed by atoms with Crippen LogP contribution in [0.1, 0.15) is 61.6 Å². The van der Waals surface area contributed by atoms with Crippen molar-refractivity contribution in [2.45, 2.75) is 58.1 Å². The minimum absolute atomic E-state index is 0.242. The van der Waals surface area contributed by atoms with E-state index >= 15 is 0 Å². The lowest BCUT2D eigenvalue weighted by atomic mass is 9.83. The highest BCUT2D eigenvalue weighted by molar-refractivity contribution is 5.86. The molecule has 0 amide bonds. The fourth-order valence-electron chi connectivity index (χ4n) is 4.33. The van der Waals surface area contributed by atoms with Crippen molar-refractivity contribution in [3.8, 4) is 11.1 Å². The number of ether oxygens (including phenoxy) is 1. The lowest BCUT2D eigenvalue weighted by molar-refractivity contribution is -0.140. The number of likely N-dealkylation sites (N-methyl/N-ethyl adjacent to an activating group) is 1. The van der Waals surface area contributed by atoms with Crippen LogP contribution in [-0.4, -0.2) is 31.0 Å². The molecule has 1 aliphatic rings. The van der Waals surface area contributed by atoms with Crippen LogP contribution in [0.3, 0.4) is 0 Å². The predicted molar refractivity (Wildman–Crippen MR) is 128 cm³/mol. The molecule has 0 radical (unpaired) electrons. The van der Waals surface area contributed by atoms with Gasteiger partial charge in [0.05, 0.1) is 0 Å². The Labute approximate surface area is 187 Å². The third-order valence-electron chi connectivity index (χ3n) is 6.19. The van der Waals surface area contributed by atoms with Crippen LogP contribution in [0.25, 0.3) is 11.1 Å². The van der Waals surface area contributed by atoms with Crippen LogP contribution in [0.5, 0.6) is 0 Å². The van der Waals surface area contributed by atoms with Gasteiger partial charge < -0.3 is 15.4 Å². The van der Waals surface area contributed by atoms with Crippen molar-refractivity contribution < 1.29 is 9.53 Å². The van der Waals surface area contributed by atoms with Crippen LogP contribution in [-0.2, 0) is 22.7 Å². The summed E-state index contributed by atoms with van der Waals surface area (Å²) in [6.45, 7) is 7.78. The quantitative estimate of drug-likeness (QED) is 0.435. The monoisotopic (exact) mass is 420 g/mol. The zero-order valence-corrected chi connectivity index (χ0v) is 19.0. The van der Waals surface area contributed by atoms with Crippen molar-refractivity contribution in [3.63, 3.8) is 0 Å². The highest BCUT2D eigenvalue weighted by Gasteiger charge is 2.16. The van der Waals surface area contributed by atoms with Gasteiger partial charge in [0.1, 0.15) is 6.61 Å². The molecule has 0 spiro atoms. The number of carbonyl (C=O) groups is 1. The average molecular weight is 421 g/mol. The summed E-state index contributed by atoms with van der Waals surface area (Å²) in [5.41, 5.74) is 12.1. The molecule has 0 aliphatic heterocycles. The topological polar surface area (TPSA) is 55.6 Å². The Morgan fingerprint density at radius 3 is 2.39 bits per heavy atom. The van der Waals surface area contributed by atoms with E-state index in [9.17, 15) is 4.79 Å². The molecule has 0 bridgehead atoms. The van der Waals surface area contributed by atoms with Gasteiger partial charge in [-0.15, -0.1) is 0 Å². The zero-order chi connectivity index (χ0) is 22.2. The maximum atomic E-state index is 11.9. The second-order valence-electron chi connectivity index (χ2n) is 8.82. The largest absolute Gasteiger partial charge is 0.457 e. The van der Waals surface area contributed by atoms with E-state index < -0.39 is 0 Å². The maximum absolute atomic E-state index is 11.9. The molecule has 0 aromatic heterocycles. The standard InChI is InChI=1S/C27H36N2O2/c1-20(2)27(30)31-19-26-17-24(13-14-25(26)18-29(3)16-15-28)23-11-9-22(10-12-23)21-7-5-4-6-8-21/h9-14,17,21H,1,4-8,15-16,18-19,28H2,2-3H3. The molecule has 1 saturated carbocycles. The first-order valence-corrected chi connectivity index (χ1v) is 11.4. The summed E-state index contributed by atoms with van der Waals surface area (Å²) in [7, 11) is 2.05. The molecule has 0 unspecified atom stereocenters. The first-order chi connectivity index (χ1) is 15.0. The molecule has 3 rings (SSSR count). The summed E-state index contributed by atoms with van der Waals surface area (Å²) in [6.07, 6.45) is 6.68. The molecule has 31 heavy (non-hydrogen) atoms. The molecule has 0 saturated heterocycles. The van der Waals surface area contributed by atoms with Gasteiger partial charge in [-0.3, -0.25) is 0 Å². The molecule has 0 heterocycles. The summed E-state index contributed by atoms with van der Waals surface area (Å²) >= 11 is 0. The Morgan fingerprint density at radius 2 is 1.74 bits per heavy atom. The van der Waals surface area contributed by atoms with Gasteiger partial charge in [0, 0.05) is 25.2 Å². The SMILES string of the molecule is C=C(C)C(=O)OCc1cc(-c2ccc(C3CCCCC3)cc2)ccc1CN(C)CCN. The number of hydrogen-bond acceptors (Lipinski definition) is 4. The average Bonchev–Trinajstić information content (AvgIpc) is 2.79. The van der Waals surface area contributed by atoms with Crippen LogP contribution < -0.4 is 5.73 Å². The first kappa shape index (κ1) is 23.2. The molecule has 1 aliphatic carbocycles. The van der Waals surface area contributed by atoms with Crippen LogP contribution >= 0.6 is 0 Å². The van der Waals surface area contributed by atoms with Crippen molar-refractivity contribution in [1.29, 1.82) is 0 Å². The van der Waals surface area contributed by atoms with Gasteiger partial charge in [-0.05, 0) is 66.6 Å². The number of benzene rings is 2. The first-order valence-electron chi connectivity index (χ1n) is 11.4. The summed E-state index contributed by atoms with van der Waals surface area (Å²) < 4.78 is 5.48. The molecule has 2 N–H and O–H groups in total. The smallest absolute Gasteiger partial charge is 0.333 e. The van der Waals surface area contributed by atoms with E-state index in [2.05, 4.69) is 61.0 Å². The summed E-state index contributed by atoms with van der Waals surface area (Å²) in [4.78, 5) is 14.1. The van der Waals surface area contributed by atoms with E-state index in [4.69, 9.17) is 10.5 Å². The van der Waals surface area contributed by atoms with Crippen molar-refractivity contribution in [2.75, 3.05) is 20.1 Å². The van der Waals surface area contributed by atoms with Crippen LogP contribution in [0.15, 0.2) is 54.6 Å². The van der Waals surface area contributed by atoms with Crippen molar-refractivity contribution in [2.24, 2.45) is 5.73 Å². The van der Waals surface area contributed by atoms with Crippen LogP contribution in [0.4, 0.5) is 0 Å². The number of carbonyl (C=O) groups excluding carboxylic acids is 1. The minimum Gasteiger partial charge on any atom is -0.457 e. The van der Waals surface area contributed by atoms with E-state index in [1.807, 2.05) is 0 Å². The lowest BCUT2D eigenvalue weighted by Gasteiger charge is -2.22. The van der Waals surface area contributed by atoms with Gasteiger partial charge in [-0.25, -0.2) is 4.79 Å². The summed E-state index contributed by atoms with van der Waals surface area (Å²) in [5, 5.41) is 0. The van der Waals surface area contributed by atoms with E-state index in [0.717, 1.165) is 29.8 Å². The Bertz CT molecular complexity index is 883. The fraction of sp³-hybridized carbons (Fsp3) is 0.444. The van der Waals surface area contributed by atoms with Gasteiger partial charge in [0.25, 0.3) is 0 Å². The summed E-state index contributed by atoms with van der Waals surface area (Å²) in [5.74, 6) is 0.351. The van der Waals surface area contributed by atoms with Crippen LogP contribution in [0.2, 0.25) is 0 Å². The Kier molecular flexibility index (Phi) is 8.44. The van der Waals surface area contributed by atoms with Gasteiger partial charge in [0.2, 0.25) is 0 Å². The van der Waals surface area contributed by atoms with E-state index in [1.165, 1.54) is 43.2 Å². The summed E-state index contributed by atoms with van der Waals surface area (Å²) in [6, 6.07) is 15.5. The van der Waals surface area contributed by atoms with Gasteiger partial charge in [-0.2, -0.15) is 0 Å². The zero-order valence-electron chi connectivity index (χ0n) is 19.0. The highest BCUT2D eigenvalue weighted by atomic mass is 16.5. The predicted octanol–water partition coefficient (Wildman–Crippen LogP) is 5.41. The second-order valence-corrected chi connectivity index (χ2v) is 8.82. The van der Waals surface area contributed by atoms with Crippen LogP contribution in [0, 0.1) is 0 Å². The van der Waals surface area contributed by atoms with E-state index in [0.29, 0.717) is 18.0 Å². The normalized spacial score (nSPS) is 14.6. The Balaban J connectivity index is 1.81. The molecule has 0 atom stereocenters. The van der Waals surface area contributed by atoms with E-state index in [1.54, 1.807) is 6.92 Å². The van der Waals surface area contributed by atoms with Crippen molar-refractivity contribution in [3.05, 3.63) is 71.3 Å². The van der Waals surface area contributed by atoms with Gasteiger partial charge >= 0.3 is 5.97 Å². The third-order valence-corrected chi connectivity index (χ3v) is 6.19. The molecular weight excluding hydrogens is 384 g/mol. The highest BCUT2D eigenvalue weighted by Crippen LogP contribution is 2.34. The molecule has 2 aromatic rings. The number of nitrogens with two attached hydrogens (primary N) is 1. The molecule has 4 heteroatoms. The van der Waals surface area contributed by atoms with Crippen molar-refractivity contribution in [1.82, 2.24) is 4.90 Å². The molecule has 2 aromatic carbocycles. The minimum atomic E-state index is -0.358. The molecule has 166 valence electrons. The van der Waals surface area contributed by atoms with Crippen molar-refractivity contribution >= 4 is 5.97 Å². The molecule has 4 nitrogen and oxygen atoms in total. The third kappa shape index (κ3) is 6.52. The van der Waals surface area contributed by atoms with Gasteiger partial charge in [-0.1, -0.05) is 62.2 Å². The molecule has 1 fully saturated rings. The second kappa shape index (κ2) is 11.3. The number of nitrogens with zero attached hydrogens (tertiary/aromatic N) is 1. The Hall–Kier alpha value is -2.43. The number of rotatable bonds is 9. The maximum Gasteiger partial charge on any atom is 0.333 e.